The Morgan fingerprint density at radius 2 is 2.23 bits per heavy atom. The van der Waals surface area contributed by atoms with Crippen molar-refractivity contribution in [3.05, 3.63) is 39.4 Å². The van der Waals surface area contributed by atoms with E-state index in [4.69, 9.17) is 4.52 Å². The predicted molar refractivity (Wildman–Crippen MR) is 85.0 cm³/mol. The number of carbonyl (C=O) groups is 1. The average molecular weight is 323 g/mol. The van der Waals surface area contributed by atoms with Crippen LogP contribution in [0.2, 0.25) is 0 Å². The highest BCUT2D eigenvalue weighted by Gasteiger charge is 2.24. The number of nitrogens with one attached hydrogen (secondary N) is 2. The Morgan fingerprint density at radius 1 is 1.45 bits per heavy atom. The molecule has 7 heteroatoms. The molecule has 0 fully saturated rings. The van der Waals surface area contributed by atoms with Gasteiger partial charge in [0.05, 0.1) is 12.2 Å². The number of thiophene rings is 1. The molecule has 0 unspecified atom stereocenters. The molecular formula is C15H21N3O3S. The van der Waals surface area contributed by atoms with Crippen LogP contribution >= 0.6 is 11.3 Å². The van der Waals surface area contributed by atoms with Gasteiger partial charge in [-0.1, -0.05) is 5.16 Å². The van der Waals surface area contributed by atoms with E-state index in [2.05, 4.69) is 15.8 Å². The van der Waals surface area contributed by atoms with E-state index in [9.17, 15) is 9.90 Å². The van der Waals surface area contributed by atoms with E-state index >= 15 is 0 Å². The zero-order valence-electron chi connectivity index (χ0n) is 13.0. The lowest BCUT2D eigenvalue weighted by Crippen LogP contribution is -2.43. The Kier molecular flexibility index (Phi) is 5.20. The van der Waals surface area contributed by atoms with Crippen LogP contribution in [-0.2, 0) is 12.0 Å². The van der Waals surface area contributed by atoms with E-state index in [0.717, 1.165) is 22.6 Å². The van der Waals surface area contributed by atoms with E-state index in [0.29, 0.717) is 13.0 Å². The third-order valence-corrected chi connectivity index (χ3v) is 4.26. The van der Waals surface area contributed by atoms with Crippen molar-refractivity contribution < 1.29 is 14.4 Å². The number of rotatable bonds is 6. The van der Waals surface area contributed by atoms with Crippen molar-refractivity contribution in [2.24, 2.45) is 0 Å². The largest absolute Gasteiger partial charge is 0.384 e. The number of urea groups is 1. The van der Waals surface area contributed by atoms with E-state index in [-0.39, 0.29) is 12.6 Å². The molecule has 6 nitrogen and oxygen atoms in total. The molecule has 0 radical (unpaired) electrons. The molecule has 0 aromatic carbocycles. The van der Waals surface area contributed by atoms with Crippen LogP contribution in [0.3, 0.4) is 0 Å². The fourth-order valence-corrected chi connectivity index (χ4v) is 2.93. The van der Waals surface area contributed by atoms with Crippen molar-refractivity contribution in [3.8, 4) is 0 Å². The lowest BCUT2D eigenvalue weighted by Gasteiger charge is -2.22. The molecule has 2 aromatic rings. The SMILES string of the molecule is Cc1noc(C)c1CCNC(=O)NC[C@](C)(O)c1ccsc1. The third-order valence-electron chi connectivity index (χ3n) is 3.58. The van der Waals surface area contributed by atoms with Crippen LogP contribution in [-0.4, -0.2) is 29.4 Å². The second-order valence-corrected chi connectivity index (χ2v) is 6.23. The molecule has 0 spiro atoms. The maximum Gasteiger partial charge on any atom is 0.314 e. The Hall–Kier alpha value is -1.86. The summed E-state index contributed by atoms with van der Waals surface area (Å²) in [7, 11) is 0. The number of carbonyl (C=O) groups excluding carboxylic acids is 1. The maximum atomic E-state index is 11.8. The molecule has 22 heavy (non-hydrogen) atoms. The van der Waals surface area contributed by atoms with Crippen molar-refractivity contribution in [2.75, 3.05) is 13.1 Å². The molecule has 2 amide bonds. The Labute approximate surface area is 133 Å². The molecule has 2 rings (SSSR count). The van der Waals surface area contributed by atoms with Gasteiger partial charge in [-0.05, 0) is 49.6 Å². The molecule has 0 aliphatic heterocycles. The number of aromatic nitrogens is 1. The van der Waals surface area contributed by atoms with Crippen molar-refractivity contribution in [2.45, 2.75) is 32.8 Å². The van der Waals surface area contributed by atoms with Gasteiger partial charge < -0.3 is 20.3 Å². The zero-order valence-corrected chi connectivity index (χ0v) is 13.8. The van der Waals surface area contributed by atoms with Gasteiger partial charge in [-0.3, -0.25) is 0 Å². The van der Waals surface area contributed by atoms with Crippen molar-refractivity contribution >= 4 is 17.4 Å². The van der Waals surface area contributed by atoms with Gasteiger partial charge in [-0.2, -0.15) is 11.3 Å². The van der Waals surface area contributed by atoms with Gasteiger partial charge in [0.2, 0.25) is 0 Å². The number of nitrogens with zero attached hydrogens (tertiary/aromatic N) is 1. The molecule has 0 aliphatic rings. The van der Waals surface area contributed by atoms with Crippen LogP contribution in [0.4, 0.5) is 4.79 Å². The van der Waals surface area contributed by atoms with E-state index < -0.39 is 5.60 Å². The number of hydrogen-bond acceptors (Lipinski definition) is 5. The summed E-state index contributed by atoms with van der Waals surface area (Å²) in [5, 5.41) is 23.4. The second-order valence-electron chi connectivity index (χ2n) is 5.45. The summed E-state index contributed by atoms with van der Waals surface area (Å²) in [5.41, 5.74) is 1.60. The first-order valence-corrected chi connectivity index (χ1v) is 8.03. The van der Waals surface area contributed by atoms with Crippen LogP contribution in [0.1, 0.15) is 29.5 Å². The summed E-state index contributed by atoms with van der Waals surface area (Å²) >= 11 is 1.51. The highest BCUT2D eigenvalue weighted by atomic mass is 32.1. The predicted octanol–water partition coefficient (Wildman–Crippen LogP) is 2.10. The standard InChI is InChI=1S/C15H21N3O3S/c1-10-13(11(2)21-18-10)4-6-16-14(19)17-9-15(3,20)12-5-7-22-8-12/h5,7-8,20H,4,6,9H2,1-3H3,(H2,16,17,19)/t15-/m0/s1. The minimum Gasteiger partial charge on any atom is -0.384 e. The number of aliphatic hydroxyl groups is 1. The second kappa shape index (κ2) is 6.93. The summed E-state index contributed by atoms with van der Waals surface area (Å²) in [6.45, 7) is 6.05. The Bertz CT molecular complexity index is 601. The third kappa shape index (κ3) is 4.08. The van der Waals surface area contributed by atoms with Crippen LogP contribution in [0.5, 0.6) is 0 Å². The van der Waals surface area contributed by atoms with E-state index in [1.54, 1.807) is 6.92 Å². The van der Waals surface area contributed by atoms with Gasteiger partial charge in [0.15, 0.2) is 0 Å². The van der Waals surface area contributed by atoms with Crippen LogP contribution < -0.4 is 10.6 Å². The molecule has 2 heterocycles. The molecule has 0 saturated carbocycles. The minimum absolute atomic E-state index is 0.154. The fourth-order valence-electron chi connectivity index (χ4n) is 2.15. The maximum absolute atomic E-state index is 11.8. The molecule has 0 aliphatic carbocycles. The van der Waals surface area contributed by atoms with Gasteiger partial charge in [0, 0.05) is 12.1 Å². The monoisotopic (exact) mass is 323 g/mol. The summed E-state index contributed by atoms with van der Waals surface area (Å²) < 4.78 is 5.08. The molecular weight excluding hydrogens is 302 g/mol. The number of amides is 2. The summed E-state index contributed by atoms with van der Waals surface area (Å²) in [6, 6.07) is 1.55. The highest BCUT2D eigenvalue weighted by molar-refractivity contribution is 7.08. The summed E-state index contributed by atoms with van der Waals surface area (Å²) in [5.74, 6) is 0.778. The lowest BCUT2D eigenvalue weighted by molar-refractivity contribution is 0.0598. The van der Waals surface area contributed by atoms with Crippen molar-refractivity contribution in [3.63, 3.8) is 0 Å². The Balaban J connectivity index is 1.75. The van der Waals surface area contributed by atoms with E-state index in [1.165, 1.54) is 11.3 Å². The van der Waals surface area contributed by atoms with Gasteiger partial charge in [-0.25, -0.2) is 4.79 Å². The molecule has 0 saturated heterocycles. The summed E-state index contributed by atoms with van der Waals surface area (Å²) in [4.78, 5) is 11.8. The quantitative estimate of drug-likeness (QED) is 0.760. The summed E-state index contributed by atoms with van der Waals surface area (Å²) in [6.07, 6.45) is 0.662. The zero-order chi connectivity index (χ0) is 16.2. The van der Waals surface area contributed by atoms with Crippen LogP contribution in [0, 0.1) is 13.8 Å². The fraction of sp³-hybridized carbons (Fsp3) is 0.467. The van der Waals surface area contributed by atoms with E-state index in [1.807, 2.05) is 30.7 Å². The molecule has 3 N–H and O–H groups in total. The minimum atomic E-state index is -1.07. The van der Waals surface area contributed by atoms with Gasteiger partial charge in [0.25, 0.3) is 0 Å². The van der Waals surface area contributed by atoms with Crippen LogP contribution in [0.25, 0.3) is 0 Å². The van der Waals surface area contributed by atoms with Crippen molar-refractivity contribution in [1.82, 2.24) is 15.8 Å². The van der Waals surface area contributed by atoms with Crippen molar-refractivity contribution in [1.29, 1.82) is 0 Å². The first kappa shape index (κ1) is 16.5. The topological polar surface area (TPSA) is 87.4 Å². The number of hydrogen-bond donors (Lipinski definition) is 3. The molecule has 0 bridgehead atoms. The average Bonchev–Trinajstić information content (AvgIpc) is 3.10. The first-order chi connectivity index (χ1) is 10.4. The normalized spacial score (nSPS) is 13.6. The molecule has 120 valence electrons. The smallest absolute Gasteiger partial charge is 0.314 e. The lowest BCUT2D eigenvalue weighted by atomic mass is 9.99. The number of aryl methyl sites for hydroxylation is 2. The van der Waals surface area contributed by atoms with Gasteiger partial charge >= 0.3 is 6.03 Å². The first-order valence-electron chi connectivity index (χ1n) is 7.08. The molecule has 1 atom stereocenters. The Morgan fingerprint density at radius 3 is 2.82 bits per heavy atom. The van der Waals surface area contributed by atoms with Gasteiger partial charge in [0.1, 0.15) is 11.4 Å². The van der Waals surface area contributed by atoms with Gasteiger partial charge in [-0.15, -0.1) is 0 Å². The van der Waals surface area contributed by atoms with Crippen LogP contribution in [0.15, 0.2) is 21.3 Å². The highest BCUT2D eigenvalue weighted by Crippen LogP contribution is 2.21. The molecule has 2 aromatic heterocycles.